The lowest BCUT2D eigenvalue weighted by Crippen LogP contribution is -2.25. The van der Waals surface area contributed by atoms with Gasteiger partial charge in [0.05, 0.1) is 33.9 Å². The molecule has 0 bridgehead atoms. The van der Waals surface area contributed by atoms with Crippen LogP contribution in [0.25, 0.3) is 26.9 Å². The van der Waals surface area contributed by atoms with E-state index in [-0.39, 0.29) is 0 Å². The third-order valence-corrected chi connectivity index (χ3v) is 3.32. The summed E-state index contributed by atoms with van der Waals surface area (Å²) in [6.45, 7) is 6.64. The van der Waals surface area contributed by atoms with Gasteiger partial charge in [-0.3, -0.25) is 0 Å². The van der Waals surface area contributed by atoms with Gasteiger partial charge in [-0.15, -0.1) is 0 Å². The van der Waals surface area contributed by atoms with Crippen LogP contribution in [-0.2, 0) is 0 Å². The van der Waals surface area contributed by atoms with E-state index in [4.69, 9.17) is 22.4 Å². The van der Waals surface area contributed by atoms with E-state index in [9.17, 15) is 26.3 Å². The Morgan fingerprint density at radius 2 is 1.08 bits per heavy atom. The van der Waals surface area contributed by atoms with Gasteiger partial charge in [-0.2, -0.15) is 10.5 Å². The van der Waals surface area contributed by atoms with Crippen LogP contribution in [0.1, 0.15) is 0 Å². The molecule has 0 unspecified atom stereocenters. The fourth-order valence-electron chi connectivity index (χ4n) is 2.21. The highest BCUT2D eigenvalue weighted by molar-refractivity contribution is 5.88. The second-order valence-electron chi connectivity index (χ2n) is 4.55. The Balaban J connectivity index is 3.48. The van der Waals surface area contributed by atoms with E-state index in [1.807, 2.05) is 0 Å². The van der Waals surface area contributed by atoms with Crippen LogP contribution in [0.4, 0.5) is 26.3 Å². The van der Waals surface area contributed by atoms with Crippen molar-refractivity contribution in [3.05, 3.63) is 56.8 Å². The zero-order valence-electron chi connectivity index (χ0n) is 12.1. The standard InChI is InChI=1S/C16F6N4/c1-26-6(4-25)8-12(18)10-9(16(22)14(8)20)11(17)7(5(2-23)3-24)13(19)15(10)21/b8-6+. The van der Waals surface area contributed by atoms with Gasteiger partial charge in [0.2, 0.25) is 0 Å². The molecule has 0 aliphatic heterocycles. The molecule has 0 saturated heterocycles. The van der Waals surface area contributed by atoms with Crippen molar-refractivity contribution in [3.63, 3.8) is 0 Å². The van der Waals surface area contributed by atoms with Gasteiger partial charge in [-0.1, -0.05) is 0 Å². The highest BCUT2D eigenvalue weighted by atomic mass is 19.2. The summed E-state index contributed by atoms with van der Waals surface area (Å²) in [6, 6.07) is 3.15. The van der Waals surface area contributed by atoms with Crippen molar-refractivity contribution in [1.82, 2.24) is 0 Å². The molecule has 0 saturated carbocycles. The summed E-state index contributed by atoms with van der Waals surface area (Å²) in [7, 11) is 0. The zero-order chi connectivity index (χ0) is 19.8. The lowest BCUT2D eigenvalue weighted by molar-refractivity contribution is 0.471. The number of nitriles is 3. The Morgan fingerprint density at radius 1 is 0.654 bits per heavy atom. The minimum absolute atomic E-state index is 1.05. The van der Waals surface area contributed by atoms with Crippen LogP contribution in [0.15, 0.2) is 0 Å². The SMILES string of the molecule is [C-]#[N+]/C(C#N)=c1/c(F)c(F)c2c(F)c(=C(C#N)C#N)c(F)c(F)c2c1F. The maximum Gasteiger partial charge on any atom is 0.274 e. The lowest BCUT2D eigenvalue weighted by atomic mass is 10.0. The molecule has 4 nitrogen and oxygen atoms in total. The monoisotopic (exact) mass is 362 g/mol. The molecule has 126 valence electrons. The van der Waals surface area contributed by atoms with Gasteiger partial charge in [0, 0.05) is 0 Å². The first-order valence-electron chi connectivity index (χ1n) is 6.25. The number of fused-ring (bicyclic) bond motifs is 1. The third-order valence-electron chi connectivity index (χ3n) is 3.32. The Morgan fingerprint density at radius 3 is 1.46 bits per heavy atom. The van der Waals surface area contributed by atoms with Crippen LogP contribution in [-0.4, -0.2) is 0 Å². The van der Waals surface area contributed by atoms with Crippen LogP contribution >= 0.6 is 0 Å². The lowest BCUT2D eigenvalue weighted by Gasteiger charge is -2.09. The maximum atomic E-state index is 14.4. The number of hydrogen-bond donors (Lipinski definition) is 0. The average molecular weight is 362 g/mol. The second kappa shape index (κ2) is 6.47. The van der Waals surface area contributed by atoms with Crippen molar-refractivity contribution in [2.45, 2.75) is 0 Å². The molecule has 2 aromatic carbocycles. The number of nitrogens with zero attached hydrogens (tertiary/aromatic N) is 4. The molecule has 2 aromatic rings. The average Bonchev–Trinajstić information content (AvgIpc) is 2.63. The molecule has 0 heterocycles. The summed E-state index contributed by atoms with van der Waals surface area (Å²) in [5.74, 6) is -13.0. The van der Waals surface area contributed by atoms with E-state index >= 15 is 0 Å². The highest BCUT2D eigenvalue weighted by Gasteiger charge is 2.28. The highest BCUT2D eigenvalue weighted by Crippen LogP contribution is 2.26. The molecule has 26 heavy (non-hydrogen) atoms. The molecule has 0 aromatic heterocycles. The summed E-state index contributed by atoms with van der Waals surface area (Å²) < 4.78 is 85.4. The van der Waals surface area contributed by atoms with E-state index < -0.39 is 67.4 Å². The van der Waals surface area contributed by atoms with Gasteiger partial charge < -0.3 is 0 Å². The molecule has 0 N–H and O–H groups in total. The molecule has 0 amide bonds. The number of benzene rings is 2. The minimum Gasteiger partial charge on any atom is -0.226 e. The number of hydrogen-bond acceptors (Lipinski definition) is 3. The van der Waals surface area contributed by atoms with Crippen LogP contribution < -0.4 is 10.4 Å². The predicted molar refractivity (Wildman–Crippen MR) is 73.2 cm³/mol. The van der Waals surface area contributed by atoms with Gasteiger partial charge in [0.1, 0.15) is 29.3 Å². The quantitative estimate of drug-likeness (QED) is 0.410. The Kier molecular flexibility index (Phi) is 4.56. The van der Waals surface area contributed by atoms with Gasteiger partial charge in [-0.25, -0.2) is 36.4 Å². The van der Waals surface area contributed by atoms with Gasteiger partial charge in [0.25, 0.3) is 5.70 Å². The summed E-state index contributed by atoms with van der Waals surface area (Å²) >= 11 is 0. The molecule has 0 radical (unpaired) electrons. The summed E-state index contributed by atoms with van der Waals surface area (Å²) in [5.41, 5.74) is -2.61. The molecular weight excluding hydrogens is 362 g/mol. The normalized spacial score (nSPS) is 11.2. The Labute approximate surface area is 140 Å². The van der Waals surface area contributed by atoms with Gasteiger partial charge in [-0.05, 0) is 0 Å². The van der Waals surface area contributed by atoms with E-state index in [0.717, 1.165) is 18.2 Å². The predicted octanol–water partition coefficient (Wildman–Crippen LogP) is 2.42. The molecular formula is C16F6N4. The summed E-state index contributed by atoms with van der Waals surface area (Å²) in [6.07, 6.45) is 0. The molecule has 0 fully saturated rings. The molecule has 0 atom stereocenters. The zero-order valence-corrected chi connectivity index (χ0v) is 12.1. The smallest absolute Gasteiger partial charge is 0.226 e. The molecule has 0 aliphatic carbocycles. The van der Waals surface area contributed by atoms with Crippen molar-refractivity contribution in [2.24, 2.45) is 0 Å². The van der Waals surface area contributed by atoms with Crippen molar-refractivity contribution in [3.8, 4) is 18.2 Å². The van der Waals surface area contributed by atoms with Crippen LogP contribution in [0, 0.1) is 75.5 Å². The molecule has 0 aliphatic rings. The second-order valence-corrected chi connectivity index (χ2v) is 4.55. The number of halogens is 6. The van der Waals surface area contributed by atoms with Crippen LogP contribution in [0.3, 0.4) is 0 Å². The Hall–Kier alpha value is -4.02. The largest absolute Gasteiger partial charge is 0.274 e. The first-order valence-corrected chi connectivity index (χ1v) is 6.25. The van der Waals surface area contributed by atoms with Gasteiger partial charge >= 0.3 is 0 Å². The first kappa shape index (κ1) is 18.3. The maximum absolute atomic E-state index is 14.4. The van der Waals surface area contributed by atoms with E-state index in [1.54, 1.807) is 0 Å². The minimum atomic E-state index is -2.22. The fourth-order valence-corrected chi connectivity index (χ4v) is 2.21. The summed E-state index contributed by atoms with van der Waals surface area (Å²) in [4.78, 5) is 2.45. The third kappa shape index (κ3) is 2.30. The molecule has 2 rings (SSSR count). The Bertz CT molecular complexity index is 1150. The van der Waals surface area contributed by atoms with Crippen molar-refractivity contribution in [2.75, 3.05) is 0 Å². The van der Waals surface area contributed by atoms with Crippen molar-refractivity contribution < 1.29 is 26.3 Å². The number of rotatable bonds is 0. The fraction of sp³-hybridized carbons (Fsp3) is 0. The van der Waals surface area contributed by atoms with E-state index in [1.165, 1.54) is 0 Å². The molecule has 0 spiro atoms. The van der Waals surface area contributed by atoms with Crippen LogP contribution in [0.2, 0.25) is 0 Å². The first-order chi connectivity index (χ1) is 12.3. The van der Waals surface area contributed by atoms with Gasteiger partial charge in [0.15, 0.2) is 23.3 Å². The molecule has 10 heteroatoms. The van der Waals surface area contributed by atoms with Crippen molar-refractivity contribution in [1.29, 1.82) is 15.8 Å². The van der Waals surface area contributed by atoms with E-state index in [2.05, 4.69) is 4.85 Å². The van der Waals surface area contributed by atoms with Crippen molar-refractivity contribution >= 4 is 22.0 Å². The van der Waals surface area contributed by atoms with E-state index in [0.29, 0.717) is 0 Å². The van der Waals surface area contributed by atoms with Crippen LogP contribution in [0.5, 0.6) is 0 Å². The summed E-state index contributed by atoms with van der Waals surface area (Å²) in [5, 5.41) is 19.4. The topological polar surface area (TPSA) is 75.7 Å².